The Kier molecular flexibility index (Phi) is 7.20. The van der Waals surface area contributed by atoms with Crippen molar-refractivity contribution in [3.8, 4) is 0 Å². The van der Waals surface area contributed by atoms with Crippen LogP contribution < -0.4 is 4.90 Å². The molecule has 5 heteroatoms. The number of anilines is 1. The first-order chi connectivity index (χ1) is 16.2. The minimum atomic E-state index is -0.182. The number of ether oxygens (including phenoxy) is 1. The van der Waals surface area contributed by atoms with Gasteiger partial charge in [-0.25, -0.2) is 4.99 Å². The predicted molar refractivity (Wildman–Crippen MR) is 134 cm³/mol. The van der Waals surface area contributed by atoms with Crippen molar-refractivity contribution in [3.63, 3.8) is 0 Å². The van der Waals surface area contributed by atoms with Crippen LogP contribution in [0.5, 0.6) is 0 Å². The van der Waals surface area contributed by atoms with Crippen molar-refractivity contribution in [3.05, 3.63) is 107 Å². The third-order valence-electron chi connectivity index (χ3n) is 5.63. The van der Waals surface area contributed by atoms with Crippen LogP contribution in [-0.4, -0.2) is 29.9 Å². The molecular weight excluding hydrogens is 410 g/mol. The highest BCUT2D eigenvalue weighted by Gasteiger charge is 2.34. The first-order valence-electron chi connectivity index (χ1n) is 11.4. The topological polar surface area (TPSA) is 45.1 Å². The Bertz CT molecular complexity index is 1120. The highest BCUT2D eigenvalue weighted by atomic mass is 16.5. The van der Waals surface area contributed by atoms with Crippen molar-refractivity contribution < 1.29 is 9.53 Å². The minimum absolute atomic E-state index is 0.182. The summed E-state index contributed by atoms with van der Waals surface area (Å²) in [6, 6.07) is 28.3. The molecule has 0 bridgehead atoms. The van der Waals surface area contributed by atoms with Gasteiger partial charge in [0.25, 0.3) is 5.91 Å². The lowest BCUT2D eigenvalue weighted by molar-refractivity contribution is -0.123. The van der Waals surface area contributed by atoms with Gasteiger partial charge >= 0.3 is 6.02 Å². The van der Waals surface area contributed by atoms with Crippen molar-refractivity contribution in [1.82, 2.24) is 4.90 Å². The number of nitrogens with zero attached hydrogens (tertiary/aromatic N) is 3. The smallest absolute Gasteiger partial charge is 0.300 e. The van der Waals surface area contributed by atoms with Crippen LogP contribution in [0.15, 0.2) is 95.7 Å². The van der Waals surface area contributed by atoms with Gasteiger partial charge in [0, 0.05) is 18.8 Å². The van der Waals surface area contributed by atoms with Gasteiger partial charge in [0.05, 0.1) is 13.1 Å². The molecule has 3 aromatic rings. The number of benzene rings is 3. The van der Waals surface area contributed by atoms with Crippen LogP contribution in [-0.2, 0) is 22.6 Å². The molecule has 0 N–H and O–H groups in total. The average molecular weight is 440 g/mol. The lowest BCUT2D eigenvalue weighted by Gasteiger charge is -2.20. The highest BCUT2D eigenvalue weighted by molar-refractivity contribution is 6.11. The summed E-state index contributed by atoms with van der Waals surface area (Å²) in [6.45, 7) is 7.04. The summed E-state index contributed by atoms with van der Waals surface area (Å²) in [7, 11) is 0. The van der Waals surface area contributed by atoms with Crippen LogP contribution in [0.1, 0.15) is 30.5 Å². The first kappa shape index (κ1) is 22.3. The van der Waals surface area contributed by atoms with Crippen LogP contribution in [0.4, 0.5) is 5.69 Å². The first-order valence-corrected chi connectivity index (χ1v) is 11.4. The molecule has 0 saturated carbocycles. The maximum Gasteiger partial charge on any atom is 0.300 e. The molecule has 1 aliphatic heterocycles. The summed E-state index contributed by atoms with van der Waals surface area (Å²) in [6.07, 6.45) is 1.79. The fourth-order valence-corrected chi connectivity index (χ4v) is 3.80. The van der Waals surface area contributed by atoms with E-state index in [4.69, 9.17) is 4.74 Å². The molecule has 0 atom stereocenters. The Labute approximate surface area is 195 Å². The van der Waals surface area contributed by atoms with Gasteiger partial charge in [-0.05, 0) is 48.7 Å². The Balaban J connectivity index is 1.59. The van der Waals surface area contributed by atoms with Crippen LogP contribution in [0.3, 0.4) is 0 Å². The predicted octanol–water partition coefficient (Wildman–Crippen LogP) is 5.49. The van der Waals surface area contributed by atoms with E-state index in [-0.39, 0.29) is 11.7 Å². The lowest BCUT2D eigenvalue weighted by atomic mass is 10.1. The molecular formula is C28H29N3O2. The number of carbonyl (C=O) groups is 1. The van der Waals surface area contributed by atoms with Gasteiger partial charge in [-0.1, -0.05) is 72.8 Å². The highest BCUT2D eigenvalue weighted by Crippen LogP contribution is 2.24. The summed E-state index contributed by atoms with van der Waals surface area (Å²) < 4.78 is 5.98. The van der Waals surface area contributed by atoms with Gasteiger partial charge in [0.2, 0.25) is 0 Å². The molecule has 168 valence electrons. The van der Waals surface area contributed by atoms with Crippen molar-refractivity contribution in [1.29, 1.82) is 0 Å². The van der Waals surface area contributed by atoms with Gasteiger partial charge in [-0.3, -0.25) is 9.69 Å². The summed E-state index contributed by atoms with van der Waals surface area (Å²) in [5, 5.41) is 0. The quantitative estimate of drug-likeness (QED) is 0.436. The maximum absolute atomic E-state index is 13.2. The van der Waals surface area contributed by atoms with Gasteiger partial charge in [-0.15, -0.1) is 0 Å². The Morgan fingerprint density at radius 2 is 1.45 bits per heavy atom. The molecule has 4 rings (SSSR count). The Morgan fingerprint density at radius 1 is 0.848 bits per heavy atom. The molecule has 0 spiro atoms. The van der Waals surface area contributed by atoms with E-state index in [9.17, 15) is 4.79 Å². The molecule has 33 heavy (non-hydrogen) atoms. The number of hydrogen-bond donors (Lipinski definition) is 0. The lowest BCUT2D eigenvalue weighted by Crippen LogP contribution is -2.29. The summed E-state index contributed by atoms with van der Waals surface area (Å²) >= 11 is 0. The third-order valence-corrected chi connectivity index (χ3v) is 5.63. The van der Waals surface area contributed by atoms with Crippen LogP contribution >= 0.6 is 0 Å². The fraction of sp³-hybridized carbons (Fsp3) is 0.214. The number of amidine groups is 1. The van der Waals surface area contributed by atoms with Crippen LogP contribution in [0, 0.1) is 0 Å². The Hall–Kier alpha value is -3.86. The fourth-order valence-electron chi connectivity index (χ4n) is 3.80. The van der Waals surface area contributed by atoms with Crippen molar-refractivity contribution in [2.45, 2.75) is 26.9 Å². The van der Waals surface area contributed by atoms with Crippen molar-refractivity contribution >= 4 is 23.7 Å². The van der Waals surface area contributed by atoms with Gasteiger partial charge in [-0.2, -0.15) is 0 Å². The standard InChI is InChI=1S/C28H29N3O2/c1-3-30(4-2)25-17-15-22(16-18-25)19-26-27(32)31(21-24-13-9-6-10-14-24)28(33-26)29-20-23-11-7-5-8-12-23/h5-19H,3-4,20-21H2,1-2H3. The Morgan fingerprint density at radius 3 is 2.06 bits per heavy atom. The second-order valence-electron chi connectivity index (χ2n) is 7.84. The SMILES string of the molecule is CCN(CC)c1ccc(C=C2OC(=NCc3ccccc3)N(Cc3ccccc3)C2=O)cc1. The zero-order valence-electron chi connectivity index (χ0n) is 19.1. The minimum Gasteiger partial charge on any atom is -0.420 e. The van der Waals surface area contributed by atoms with E-state index < -0.39 is 0 Å². The number of carbonyl (C=O) groups excluding carboxylic acids is 1. The molecule has 1 saturated heterocycles. The van der Waals surface area contributed by atoms with E-state index in [1.165, 1.54) is 0 Å². The molecule has 0 aromatic heterocycles. The maximum atomic E-state index is 13.2. The third kappa shape index (κ3) is 5.50. The summed E-state index contributed by atoms with van der Waals surface area (Å²) in [5.74, 6) is 0.104. The molecule has 5 nitrogen and oxygen atoms in total. The molecule has 0 aliphatic carbocycles. The van der Waals surface area contributed by atoms with Crippen molar-refractivity contribution in [2.24, 2.45) is 4.99 Å². The second kappa shape index (κ2) is 10.6. The van der Waals surface area contributed by atoms with E-state index in [2.05, 4.69) is 35.9 Å². The summed E-state index contributed by atoms with van der Waals surface area (Å²) in [4.78, 5) is 21.8. The van der Waals surface area contributed by atoms with E-state index >= 15 is 0 Å². The van der Waals surface area contributed by atoms with E-state index in [0.29, 0.717) is 19.1 Å². The number of amides is 1. The molecule has 3 aromatic carbocycles. The van der Waals surface area contributed by atoms with Crippen LogP contribution in [0.2, 0.25) is 0 Å². The largest absolute Gasteiger partial charge is 0.420 e. The molecule has 0 radical (unpaired) electrons. The number of hydrogen-bond acceptors (Lipinski definition) is 4. The average Bonchev–Trinajstić information content (AvgIpc) is 3.15. The van der Waals surface area contributed by atoms with E-state index in [1.54, 1.807) is 11.0 Å². The van der Waals surface area contributed by atoms with Crippen LogP contribution in [0.25, 0.3) is 6.08 Å². The van der Waals surface area contributed by atoms with Gasteiger partial charge < -0.3 is 9.64 Å². The van der Waals surface area contributed by atoms with E-state index in [1.807, 2.05) is 72.8 Å². The molecule has 1 heterocycles. The summed E-state index contributed by atoms with van der Waals surface area (Å²) in [5.41, 5.74) is 4.16. The normalized spacial score (nSPS) is 15.8. The van der Waals surface area contributed by atoms with Gasteiger partial charge in [0.15, 0.2) is 5.76 Å². The molecule has 1 fully saturated rings. The zero-order chi connectivity index (χ0) is 23.0. The van der Waals surface area contributed by atoms with Crippen molar-refractivity contribution in [2.75, 3.05) is 18.0 Å². The molecule has 1 aliphatic rings. The van der Waals surface area contributed by atoms with Gasteiger partial charge in [0.1, 0.15) is 0 Å². The monoisotopic (exact) mass is 439 g/mol. The molecule has 0 unspecified atom stereocenters. The number of aliphatic imine (C=N–C) groups is 1. The number of rotatable bonds is 8. The van der Waals surface area contributed by atoms with E-state index in [0.717, 1.165) is 35.5 Å². The zero-order valence-corrected chi connectivity index (χ0v) is 19.1. The molecule has 1 amide bonds. The second-order valence-corrected chi connectivity index (χ2v) is 7.84.